The molecular formula is C17H15BrN2. The molecule has 1 aromatic heterocycles. The van der Waals surface area contributed by atoms with Crippen molar-refractivity contribution in [3.8, 4) is 11.1 Å². The second kappa shape index (κ2) is 4.76. The minimum absolute atomic E-state index is 0.970. The van der Waals surface area contributed by atoms with E-state index in [-0.39, 0.29) is 0 Å². The van der Waals surface area contributed by atoms with E-state index in [0.29, 0.717) is 0 Å². The van der Waals surface area contributed by atoms with Gasteiger partial charge in [0.25, 0.3) is 0 Å². The fourth-order valence-electron chi connectivity index (χ4n) is 2.99. The van der Waals surface area contributed by atoms with Crippen molar-refractivity contribution in [2.45, 2.75) is 13.0 Å². The zero-order chi connectivity index (χ0) is 13.5. The van der Waals surface area contributed by atoms with Gasteiger partial charge < -0.3 is 10.3 Å². The van der Waals surface area contributed by atoms with Gasteiger partial charge in [-0.25, -0.2) is 0 Å². The molecule has 3 aromatic rings. The lowest BCUT2D eigenvalue weighted by atomic mass is 10.0. The standard InChI is InChI=1S/C17H15BrN2/c18-13-3-1-2-11(8-13)12-4-5-16-14(9-12)15-10-19-7-6-17(15)20-16/h1-5,8-9,19-20H,6-7,10H2. The highest BCUT2D eigenvalue weighted by Gasteiger charge is 2.15. The predicted octanol–water partition coefficient (Wildman–Crippen LogP) is 4.24. The lowest BCUT2D eigenvalue weighted by Crippen LogP contribution is -2.22. The fraction of sp³-hybridized carbons (Fsp3) is 0.176. The van der Waals surface area contributed by atoms with Crippen molar-refractivity contribution in [2.24, 2.45) is 0 Å². The molecule has 0 unspecified atom stereocenters. The van der Waals surface area contributed by atoms with Crippen LogP contribution in [0.25, 0.3) is 22.0 Å². The Hall–Kier alpha value is -1.58. The molecule has 0 bridgehead atoms. The second-order valence-corrected chi connectivity index (χ2v) is 6.20. The fourth-order valence-corrected chi connectivity index (χ4v) is 3.39. The molecule has 2 aromatic carbocycles. The first-order chi connectivity index (χ1) is 9.81. The molecule has 0 radical (unpaired) electrons. The molecular weight excluding hydrogens is 312 g/mol. The Labute approximate surface area is 126 Å². The molecule has 3 heteroatoms. The van der Waals surface area contributed by atoms with E-state index in [9.17, 15) is 0 Å². The van der Waals surface area contributed by atoms with Crippen molar-refractivity contribution >= 4 is 26.8 Å². The Bertz CT molecular complexity index is 789. The molecule has 0 atom stereocenters. The predicted molar refractivity (Wildman–Crippen MR) is 86.8 cm³/mol. The molecule has 20 heavy (non-hydrogen) atoms. The van der Waals surface area contributed by atoms with Crippen molar-refractivity contribution in [1.82, 2.24) is 10.3 Å². The van der Waals surface area contributed by atoms with Gasteiger partial charge in [-0.3, -0.25) is 0 Å². The van der Waals surface area contributed by atoms with Crippen LogP contribution in [0.3, 0.4) is 0 Å². The summed E-state index contributed by atoms with van der Waals surface area (Å²) in [6.07, 6.45) is 1.09. The van der Waals surface area contributed by atoms with E-state index in [1.54, 1.807) is 0 Å². The van der Waals surface area contributed by atoms with Gasteiger partial charge >= 0.3 is 0 Å². The van der Waals surface area contributed by atoms with Gasteiger partial charge in [-0.15, -0.1) is 0 Å². The summed E-state index contributed by atoms with van der Waals surface area (Å²) in [6, 6.07) is 15.2. The minimum Gasteiger partial charge on any atom is -0.358 e. The molecule has 0 aliphatic carbocycles. The highest BCUT2D eigenvalue weighted by atomic mass is 79.9. The van der Waals surface area contributed by atoms with E-state index in [1.807, 2.05) is 0 Å². The van der Waals surface area contributed by atoms with Crippen LogP contribution in [0.4, 0.5) is 0 Å². The summed E-state index contributed by atoms with van der Waals surface area (Å²) in [6.45, 7) is 2.04. The van der Waals surface area contributed by atoms with E-state index in [4.69, 9.17) is 0 Å². The maximum atomic E-state index is 3.56. The van der Waals surface area contributed by atoms with E-state index < -0.39 is 0 Å². The average Bonchev–Trinajstić information content (AvgIpc) is 2.85. The summed E-state index contributed by atoms with van der Waals surface area (Å²) in [7, 11) is 0. The van der Waals surface area contributed by atoms with Crippen molar-refractivity contribution in [2.75, 3.05) is 6.54 Å². The van der Waals surface area contributed by atoms with Crippen LogP contribution in [0, 0.1) is 0 Å². The van der Waals surface area contributed by atoms with Crippen molar-refractivity contribution in [3.05, 3.63) is 58.2 Å². The van der Waals surface area contributed by atoms with E-state index in [0.717, 1.165) is 24.0 Å². The highest BCUT2D eigenvalue weighted by Crippen LogP contribution is 2.30. The Morgan fingerprint density at radius 3 is 2.80 bits per heavy atom. The average molecular weight is 327 g/mol. The van der Waals surface area contributed by atoms with Gasteiger partial charge in [-0.1, -0.05) is 34.1 Å². The van der Waals surface area contributed by atoms with Gasteiger partial charge in [0.1, 0.15) is 0 Å². The summed E-state index contributed by atoms with van der Waals surface area (Å²) in [5, 5.41) is 4.81. The normalized spacial score (nSPS) is 14.4. The molecule has 1 aliphatic heterocycles. The Morgan fingerprint density at radius 2 is 1.90 bits per heavy atom. The number of benzene rings is 2. The minimum atomic E-state index is 0.970. The topological polar surface area (TPSA) is 27.8 Å². The van der Waals surface area contributed by atoms with Gasteiger partial charge in [0.2, 0.25) is 0 Å². The zero-order valence-electron chi connectivity index (χ0n) is 11.0. The van der Waals surface area contributed by atoms with Crippen LogP contribution in [0.1, 0.15) is 11.3 Å². The van der Waals surface area contributed by atoms with Crippen molar-refractivity contribution < 1.29 is 0 Å². The first-order valence-electron chi connectivity index (χ1n) is 6.91. The second-order valence-electron chi connectivity index (χ2n) is 5.28. The molecule has 4 rings (SSSR count). The molecule has 100 valence electrons. The Kier molecular flexibility index (Phi) is 2.90. The van der Waals surface area contributed by atoms with E-state index in [1.165, 1.54) is 33.3 Å². The Morgan fingerprint density at radius 1 is 1.00 bits per heavy atom. The number of halogens is 1. The van der Waals surface area contributed by atoms with Gasteiger partial charge in [-0.2, -0.15) is 0 Å². The number of hydrogen-bond donors (Lipinski definition) is 2. The lowest BCUT2D eigenvalue weighted by molar-refractivity contribution is 0.641. The van der Waals surface area contributed by atoms with Crippen LogP contribution in [0.15, 0.2) is 46.9 Å². The molecule has 1 aliphatic rings. The number of H-pyrrole nitrogens is 1. The number of fused-ring (bicyclic) bond motifs is 3. The van der Waals surface area contributed by atoms with Crippen LogP contribution in [0.5, 0.6) is 0 Å². The lowest BCUT2D eigenvalue weighted by Gasteiger charge is -2.12. The van der Waals surface area contributed by atoms with Crippen LogP contribution in [0.2, 0.25) is 0 Å². The molecule has 0 spiro atoms. The van der Waals surface area contributed by atoms with Crippen LogP contribution in [-0.2, 0) is 13.0 Å². The number of rotatable bonds is 1. The maximum absolute atomic E-state index is 3.56. The van der Waals surface area contributed by atoms with E-state index in [2.05, 4.69) is 68.7 Å². The third kappa shape index (κ3) is 1.98. The molecule has 0 fully saturated rings. The summed E-state index contributed by atoms with van der Waals surface area (Å²) >= 11 is 3.55. The number of nitrogens with one attached hydrogen (secondary N) is 2. The van der Waals surface area contributed by atoms with Gasteiger partial charge in [0, 0.05) is 40.6 Å². The first-order valence-corrected chi connectivity index (χ1v) is 7.71. The quantitative estimate of drug-likeness (QED) is 0.687. The monoisotopic (exact) mass is 326 g/mol. The summed E-state index contributed by atoms with van der Waals surface area (Å²) in [5.74, 6) is 0. The molecule has 0 saturated heterocycles. The van der Waals surface area contributed by atoms with Gasteiger partial charge in [0.05, 0.1) is 0 Å². The smallest absolute Gasteiger partial charge is 0.0459 e. The molecule has 0 amide bonds. The molecule has 2 nitrogen and oxygen atoms in total. The molecule has 0 saturated carbocycles. The molecule has 2 N–H and O–H groups in total. The summed E-state index contributed by atoms with van der Waals surface area (Å²) in [5.41, 5.74) is 6.59. The largest absolute Gasteiger partial charge is 0.358 e. The van der Waals surface area contributed by atoms with Crippen LogP contribution in [-0.4, -0.2) is 11.5 Å². The summed E-state index contributed by atoms with van der Waals surface area (Å²) in [4.78, 5) is 3.56. The first kappa shape index (κ1) is 12.2. The zero-order valence-corrected chi connectivity index (χ0v) is 12.6. The van der Waals surface area contributed by atoms with Crippen LogP contribution >= 0.6 is 15.9 Å². The summed E-state index contributed by atoms with van der Waals surface area (Å²) < 4.78 is 1.12. The maximum Gasteiger partial charge on any atom is 0.0459 e. The van der Waals surface area contributed by atoms with E-state index >= 15 is 0 Å². The third-order valence-electron chi connectivity index (χ3n) is 4.01. The van der Waals surface area contributed by atoms with Gasteiger partial charge in [0.15, 0.2) is 0 Å². The highest BCUT2D eigenvalue weighted by molar-refractivity contribution is 9.10. The SMILES string of the molecule is Brc1cccc(-c2ccc3[nH]c4c(c3c2)CNCC4)c1. The number of aromatic nitrogens is 1. The van der Waals surface area contributed by atoms with Crippen molar-refractivity contribution in [1.29, 1.82) is 0 Å². The number of hydrogen-bond acceptors (Lipinski definition) is 1. The molecule has 2 heterocycles. The van der Waals surface area contributed by atoms with Crippen molar-refractivity contribution in [3.63, 3.8) is 0 Å². The van der Waals surface area contributed by atoms with Gasteiger partial charge in [-0.05, 0) is 41.0 Å². The van der Waals surface area contributed by atoms with Crippen LogP contribution < -0.4 is 5.32 Å². The number of aromatic amines is 1. The third-order valence-corrected chi connectivity index (χ3v) is 4.50. The Balaban J connectivity index is 1.90.